The van der Waals surface area contributed by atoms with Crippen LogP contribution in [-0.2, 0) is 0 Å². The van der Waals surface area contributed by atoms with E-state index in [1.165, 1.54) is 0 Å². The number of nitro groups is 1. The molecule has 6 nitrogen and oxygen atoms in total. The van der Waals surface area contributed by atoms with Crippen LogP contribution in [-0.4, -0.2) is 26.9 Å². The molecule has 1 aliphatic heterocycles. The second kappa shape index (κ2) is 6.29. The molecule has 0 saturated carbocycles. The van der Waals surface area contributed by atoms with Crippen molar-refractivity contribution in [2.75, 3.05) is 0 Å². The Morgan fingerprint density at radius 1 is 1.35 bits per heavy atom. The van der Waals surface area contributed by atoms with E-state index >= 15 is 0 Å². The average Bonchev–Trinajstić information content (AvgIpc) is 2.97. The number of aromatic nitrogens is 2. The zero-order valence-electron chi connectivity index (χ0n) is 12.3. The maximum absolute atomic E-state index is 11.8. The first-order valence-electron chi connectivity index (χ1n) is 7.22. The molecule has 120 valence electrons. The predicted octanol–water partition coefficient (Wildman–Crippen LogP) is 4.38. The zero-order valence-corrected chi connectivity index (χ0v) is 13.8. The summed E-state index contributed by atoms with van der Waals surface area (Å²) < 4.78 is 0. The minimum absolute atomic E-state index is 0.299. The van der Waals surface area contributed by atoms with Crippen molar-refractivity contribution in [2.24, 2.45) is 4.99 Å². The average molecular weight is 353 g/mol. The summed E-state index contributed by atoms with van der Waals surface area (Å²) in [5.74, 6) is -0.0170. The van der Waals surface area contributed by atoms with Gasteiger partial charge in [-0.2, -0.15) is 5.10 Å². The SMILES string of the molecule is CCCC1=Nc2[nH]ncc2C(c2cccc(Cl)c2Cl)C1[N+](=O)[O-]. The normalized spacial score (nSPS) is 20.0. The Labute approximate surface area is 142 Å². The van der Waals surface area contributed by atoms with Crippen molar-refractivity contribution in [3.05, 3.63) is 55.7 Å². The Morgan fingerprint density at radius 2 is 2.13 bits per heavy atom. The van der Waals surface area contributed by atoms with Gasteiger partial charge in [-0.3, -0.25) is 15.2 Å². The molecule has 1 aromatic carbocycles. The highest BCUT2D eigenvalue weighted by atomic mass is 35.5. The molecule has 0 aliphatic carbocycles. The Kier molecular flexibility index (Phi) is 4.37. The third-order valence-electron chi connectivity index (χ3n) is 3.94. The third-order valence-corrected chi connectivity index (χ3v) is 4.78. The van der Waals surface area contributed by atoms with Gasteiger partial charge in [0.1, 0.15) is 0 Å². The summed E-state index contributed by atoms with van der Waals surface area (Å²) in [6, 6.07) is 4.19. The molecular formula is C15H14Cl2N4O2. The molecule has 8 heteroatoms. The summed E-state index contributed by atoms with van der Waals surface area (Å²) in [6.07, 6.45) is 2.88. The smallest absolute Gasteiger partial charge is 0.261 e. The summed E-state index contributed by atoms with van der Waals surface area (Å²) in [5.41, 5.74) is 1.80. The fourth-order valence-corrected chi connectivity index (χ4v) is 3.40. The molecular weight excluding hydrogens is 339 g/mol. The first-order chi connectivity index (χ1) is 11.0. The number of hydrogen-bond acceptors (Lipinski definition) is 4. The van der Waals surface area contributed by atoms with Gasteiger partial charge < -0.3 is 0 Å². The number of hydrogen-bond donors (Lipinski definition) is 1. The van der Waals surface area contributed by atoms with Crippen molar-refractivity contribution in [3.8, 4) is 0 Å². The molecule has 0 radical (unpaired) electrons. The lowest BCUT2D eigenvalue weighted by atomic mass is 9.81. The van der Waals surface area contributed by atoms with Crippen molar-refractivity contribution < 1.29 is 4.92 Å². The van der Waals surface area contributed by atoms with Crippen LogP contribution in [0, 0.1) is 10.1 Å². The Bertz CT molecular complexity index is 788. The van der Waals surface area contributed by atoms with Crippen molar-refractivity contribution in [2.45, 2.75) is 31.7 Å². The number of nitrogens with zero attached hydrogens (tertiary/aromatic N) is 3. The molecule has 0 fully saturated rings. The van der Waals surface area contributed by atoms with Crippen LogP contribution >= 0.6 is 23.2 Å². The van der Waals surface area contributed by atoms with Gasteiger partial charge in [-0.05, 0) is 18.1 Å². The van der Waals surface area contributed by atoms with E-state index in [0.29, 0.717) is 39.1 Å². The number of nitrogens with one attached hydrogen (secondary N) is 1. The van der Waals surface area contributed by atoms with Crippen LogP contribution in [0.4, 0.5) is 5.82 Å². The Hall–Kier alpha value is -1.92. The number of benzene rings is 1. The molecule has 2 atom stereocenters. The summed E-state index contributed by atoms with van der Waals surface area (Å²) in [6.45, 7) is 1.96. The number of aliphatic imine (C=N–C) groups is 1. The largest absolute Gasteiger partial charge is 0.264 e. The molecule has 0 bridgehead atoms. The molecule has 2 heterocycles. The van der Waals surface area contributed by atoms with Crippen molar-refractivity contribution in [1.29, 1.82) is 0 Å². The number of H-pyrrole nitrogens is 1. The first-order valence-corrected chi connectivity index (χ1v) is 7.98. The fraction of sp³-hybridized carbons (Fsp3) is 0.333. The third kappa shape index (κ3) is 2.72. The quantitative estimate of drug-likeness (QED) is 0.654. The van der Waals surface area contributed by atoms with Crippen molar-refractivity contribution in [3.63, 3.8) is 0 Å². The minimum atomic E-state index is -0.976. The molecule has 1 aromatic heterocycles. The summed E-state index contributed by atoms with van der Waals surface area (Å²) >= 11 is 12.4. The molecule has 2 unspecified atom stereocenters. The van der Waals surface area contributed by atoms with E-state index in [-0.39, 0.29) is 4.92 Å². The van der Waals surface area contributed by atoms with Gasteiger partial charge in [-0.1, -0.05) is 48.7 Å². The van der Waals surface area contributed by atoms with Crippen LogP contribution in [0.3, 0.4) is 0 Å². The monoisotopic (exact) mass is 352 g/mol. The van der Waals surface area contributed by atoms with Crippen LogP contribution in [0.25, 0.3) is 0 Å². The van der Waals surface area contributed by atoms with Crippen LogP contribution in [0.2, 0.25) is 10.0 Å². The number of rotatable bonds is 4. The minimum Gasteiger partial charge on any atom is -0.264 e. The first kappa shape index (κ1) is 16.0. The second-order valence-electron chi connectivity index (χ2n) is 5.38. The molecule has 0 amide bonds. The van der Waals surface area contributed by atoms with E-state index in [0.717, 1.165) is 6.42 Å². The maximum atomic E-state index is 11.8. The highest BCUT2D eigenvalue weighted by molar-refractivity contribution is 6.42. The van der Waals surface area contributed by atoms with Gasteiger partial charge in [0.25, 0.3) is 6.04 Å². The lowest BCUT2D eigenvalue weighted by Crippen LogP contribution is -2.38. The summed E-state index contributed by atoms with van der Waals surface area (Å²) in [7, 11) is 0. The standard InChI is InChI=1S/C15H14Cl2N4O2/c1-2-4-11-14(21(22)23)12(9-7-18-20-15(9)19-11)8-5-3-6-10(16)13(8)17/h3,5-7,12,14H,2,4H2,1H3,(H,18,20). The second-order valence-corrected chi connectivity index (χ2v) is 6.16. The highest BCUT2D eigenvalue weighted by Crippen LogP contribution is 2.43. The van der Waals surface area contributed by atoms with Gasteiger partial charge in [-0.15, -0.1) is 0 Å². The molecule has 1 aliphatic rings. The molecule has 23 heavy (non-hydrogen) atoms. The highest BCUT2D eigenvalue weighted by Gasteiger charge is 2.44. The van der Waals surface area contributed by atoms with E-state index in [1.807, 2.05) is 6.92 Å². The lowest BCUT2D eigenvalue weighted by Gasteiger charge is -2.26. The predicted molar refractivity (Wildman–Crippen MR) is 89.7 cm³/mol. The molecule has 2 aromatic rings. The molecule has 3 rings (SSSR count). The van der Waals surface area contributed by atoms with E-state index in [4.69, 9.17) is 23.2 Å². The van der Waals surface area contributed by atoms with Gasteiger partial charge in [-0.25, -0.2) is 4.99 Å². The number of halogens is 2. The van der Waals surface area contributed by atoms with E-state index < -0.39 is 12.0 Å². The summed E-state index contributed by atoms with van der Waals surface area (Å²) in [4.78, 5) is 15.9. The van der Waals surface area contributed by atoms with Gasteiger partial charge in [0.05, 0.1) is 27.9 Å². The van der Waals surface area contributed by atoms with Crippen LogP contribution < -0.4 is 0 Å². The van der Waals surface area contributed by atoms with Crippen molar-refractivity contribution in [1.82, 2.24) is 10.2 Å². The topological polar surface area (TPSA) is 84.2 Å². The van der Waals surface area contributed by atoms with Crippen LogP contribution in [0.15, 0.2) is 29.4 Å². The Morgan fingerprint density at radius 3 is 2.83 bits per heavy atom. The summed E-state index contributed by atoms with van der Waals surface area (Å²) in [5, 5.41) is 19.3. The Balaban J connectivity index is 2.22. The van der Waals surface area contributed by atoms with E-state index in [2.05, 4.69) is 15.2 Å². The van der Waals surface area contributed by atoms with E-state index in [9.17, 15) is 10.1 Å². The van der Waals surface area contributed by atoms with Crippen LogP contribution in [0.5, 0.6) is 0 Å². The zero-order chi connectivity index (χ0) is 16.6. The van der Waals surface area contributed by atoms with Gasteiger partial charge in [0.2, 0.25) is 0 Å². The maximum Gasteiger partial charge on any atom is 0.261 e. The van der Waals surface area contributed by atoms with Gasteiger partial charge in [0.15, 0.2) is 5.82 Å². The van der Waals surface area contributed by atoms with Crippen LogP contribution in [0.1, 0.15) is 36.8 Å². The van der Waals surface area contributed by atoms with Gasteiger partial charge >= 0.3 is 0 Å². The lowest BCUT2D eigenvalue weighted by molar-refractivity contribution is -0.505. The number of fused-ring (bicyclic) bond motifs is 1. The molecule has 0 saturated heterocycles. The molecule has 0 spiro atoms. The van der Waals surface area contributed by atoms with E-state index in [1.54, 1.807) is 24.4 Å². The fourth-order valence-electron chi connectivity index (χ4n) is 2.98. The molecule has 1 N–H and O–H groups in total. The number of aromatic amines is 1. The van der Waals surface area contributed by atoms with Gasteiger partial charge in [0, 0.05) is 10.5 Å². The van der Waals surface area contributed by atoms with Crippen molar-refractivity contribution >= 4 is 34.7 Å².